The van der Waals surface area contributed by atoms with E-state index in [9.17, 15) is 14.9 Å². The Bertz CT molecular complexity index is 764. The van der Waals surface area contributed by atoms with Gasteiger partial charge < -0.3 is 4.74 Å². The molecule has 5 heteroatoms. The minimum absolute atomic E-state index is 0.0220. The number of imide groups is 1. The number of nitrogens with zero attached hydrogens (tertiary/aromatic N) is 2. The minimum Gasteiger partial charge on any atom is -0.497 e. The predicted molar refractivity (Wildman–Crippen MR) is 86.2 cm³/mol. The summed E-state index contributed by atoms with van der Waals surface area (Å²) in [7, 11) is 1.57. The fraction of sp³-hybridized carbons (Fsp3) is 0.167. The van der Waals surface area contributed by atoms with Gasteiger partial charge in [0, 0.05) is 12.1 Å². The minimum atomic E-state index is -0.582. The fourth-order valence-corrected chi connectivity index (χ4v) is 2.29. The molecule has 0 radical (unpaired) electrons. The standard InChI is InChI=1S/C18H16N2O3/c1-4-9-20-17(21)15(12(2)16(11-19)18(20)22)10-13-5-7-14(23-3)8-6-13/h4-8,10H,1,9H2,2-3H3/b15-10+. The molecular weight excluding hydrogens is 292 g/mol. The van der Waals surface area contributed by atoms with Crippen molar-refractivity contribution in [3.05, 3.63) is 59.2 Å². The molecule has 0 fully saturated rings. The molecular formula is C18H16N2O3. The van der Waals surface area contributed by atoms with Crippen LogP contribution in [0.4, 0.5) is 0 Å². The number of carbonyl (C=O) groups is 2. The fourth-order valence-electron chi connectivity index (χ4n) is 2.29. The molecule has 1 heterocycles. The number of rotatable bonds is 4. The molecule has 5 nitrogen and oxygen atoms in total. The maximum Gasteiger partial charge on any atom is 0.271 e. The molecule has 1 aromatic carbocycles. The van der Waals surface area contributed by atoms with Gasteiger partial charge in [-0.25, -0.2) is 0 Å². The highest BCUT2D eigenvalue weighted by Crippen LogP contribution is 2.27. The average Bonchev–Trinajstić information content (AvgIpc) is 2.56. The second kappa shape index (κ2) is 6.75. The monoisotopic (exact) mass is 308 g/mol. The summed E-state index contributed by atoms with van der Waals surface area (Å²) < 4.78 is 5.09. The highest BCUT2D eigenvalue weighted by molar-refractivity contribution is 6.19. The number of nitriles is 1. The van der Waals surface area contributed by atoms with E-state index in [1.54, 1.807) is 44.4 Å². The number of hydrogen-bond donors (Lipinski definition) is 0. The summed E-state index contributed by atoms with van der Waals surface area (Å²) >= 11 is 0. The number of amides is 2. The lowest BCUT2D eigenvalue weighted by Gasteiger charge is -2.26. The van der Waals surface area contributed by atoms with Crippen molar-refractivity contribution in [3.8, 4) is 11.8 Å². The average molecular weight is 308 g/mol. The van der Waals surface area contributed by atoms with E-state index in [0.29, 0.717) is 16.9 Å². The van der Waals surface area contributed by atoms with Crippen LogP contribution in [0.1, 0.15) is 12.5 Å². The molecule has 0 saturated heterocycles. The van der Waals surface area contributed by atoms with Crippen LogP contribution in [0, 0.1) is 11.3 Å². The summed E-state index contributed by atoms with van der Waals surface area (Å²) in [5.41, 5.74) is 1.47. The summed E-state index contributed by atoms with van der Waals surface area (Å²) in [5.74, 6) is -0.306. The van der Waals surface area contributed by atoms with Crippen molar-refractivity contribution < 1.29 is 14.3 Å². The van der Waals surface area contributed by atoms with Gasteiger partial charge in [0.1, 0.15) is 17.4 Å². The van der Waals surface area contributed by atoms with E-state index in [-0.39, 0.29) is 12.1 Å². The number of benzene rings is 1. The van der Waals surface area contributed by atoms with Gasteiger partial charge in [-0.2, -0.15) is 5.26 Å². The van der Waals surface area contributed by atoms with Crippen molar-refractivity contribution in [1.82, 2.24) is 4.90 Å². The molecule has 1 aromatic rings. The van der Waals surface area contributed by atoms with Crippen molar-refractivity contribution in [2.45, 2.75) is 6.92 Å². The number of ether oxygens (including phenoxy) is 1. The van der Waals surface area contributed by atoms with Crippen LogP contribution in [0.15, 0.2) is 53.6 Å². The molecule has 0 N–H and O–H groups in total. The highest BCUT2D eigenvalue weighted by Gasteiger charge is 2.34. The quantitative estimate of drug-likeness (QED) is 0.487. The first kappa shape index (κ1) is 16.2. The van der Waals surface area contributed by atoms with Crippen LogP contribution in [0.3, 0.4) is 0 Å². The summed E-state index contributed by atoms with van der Waals surface area (Å²) in [6.45, 7) is 5.21. The zero-order valence-corrected chi connectivity index (χ0v) is 13.0. The number of carbonyl (C=O) groups excluding carboxylic acids is 2. The zero-order chi connectivity index (χ0) is 17.0. The van der Waals surface area contributed by atoms with E-state index in [2.05, 4.69) is 6.58 Å². The zero-order valence-electron chi connectivity index (χ0n) is 13.0. The first-order valence-electron chi connectivity index (χ1n) is 6.97. The van der Waals surface area contributed by atoms with Gasteiger partial charge in [0.15, 0.2) is 0 Å². The molecule has 0 atom stereocenters. The van der Waals surface area contributed by atoms with E-state index < -0.39 is 11.8 Å². The van der Waals surface area contributed by atoms with Gasteiger partial charge in [-0.05, 0) is 36.3 Å². The Morgan fingerprint density at radius 2 is 1.91 bits per heavy atom. The molecule has 116 valence electrons. The molecule has 2 rings (SSSR count). The Labute approximate surface area is 134 Å². The Balaban J connectivity index is 2.53. The largest absolute Gasteiger partial charge is 0.497 e. The van der Waals surface area contributed by atoms with Gasteiger partial charge in [-0.1, -0.05) is 18.2 Å². The Kier molecular flexibility index (Phi) is 4.77. The maximum atomic E-state index is 12.5. The first-order chi connectivity index (χ1) is 11.0. The maximum absolute atomic E-state index is 12.5. The van der Waals surface area contributed by atoms with Gasteiger partial charge in [0.25, 0.3) is 11.8 Å². The smallest absolute Gasteiger partial charge is 0.271 e. The van der Waals surface area contributed by atoms with Crippen LogP contribution >= 0.6 is 0 Å². The summed E-state index contributed by atoms with van der Waals surface area (Å²) in [5, 5.41) is 9.22. The lowest BCUT2D eigenvalue weighted by molar-refractivity contribution is -0.139. The Morgan fingerprint density at radius 1 is 1.26 bits per heavy atom. The van der Waals surface area contributed by atoms with E-state index in [1.807, 2.05) is 6.07 Å². The summed E-state index contributed by atoms with van der Waals surface area (Å²) in [6.07, 6.45) is 3.12. The van der Waals surface area contributed by atoms with Crippen molar-refractivity contribution >= 4 is 17.9 Å². The molecule has 2 amide bonds. The van der Waals surface area contributed by atoms with Crippen LogP contribution in [0.2, 0.25) is 0 Å². The number of methoxy groups -OCH3 is 1. The normalized spacial score (nSPS) is 16.6. The second-order valence-corrected chi connectivity index (χ2v) is 4.95. The molecule has 0 unspecified atom stereocenters. The number of hydrogen-bond acceptors (Lipinski definition) is 4. The third-order valence-electron chi connectivity index (χ3n) is 3.56. The van der Waals surface area contributed by atoms with Gasteiger partial charge in [0.2, 0.25) is 0 Å². The van der Waals surface area contributed by atoms with Gasteiger partial charge in [-0.3, -0.25) is 14.5 Å². The summed E-state index contributed by atoms with van der Waals surface area (Å²) in [4.78, 5) is 25.7. The lowest BCUT2D eigenvalue weighted by Crippen LogP contribution is -2.42. The third kappa shape index (κ3) is 3.06. The molecule has 0 saturated carbocycles. The van der Waals surface area contributed by atoms with E-state index in [4.69, 9.17) is 4.74 Å². The van der Waals surface area contributed by atoms with Crippen LogP contribution < -0.4 is 4.74 Å². The predicted octanol–water partition coefficient (Wildman–Crippen LogP) is 2.47. The lowest BCUT2D eigenvalue weighted by atomic mass is 9.93. The molecule has 0 aliphatic carbocycles. The van der Waals surface area contributed by atoms with Crippen LogP contribution in [-0.4, -0.2) is 30.4 Å². The highest BCUT2D eigenvalue weighted by atomic mass is 16.5. The van der Waals surface area contributed by atoms with Crippen LogP contribution in [0.5, 0.6) is 5.75 Å². The van der Waals surface area contributed by atoms with E-state index >= 15 is 0 Å². The molecule has 1 aliphatic heterocycles. The molecule has 0 aromatic heterocycles. The van der Waals surface area contributed by atoms with Crippen LogP contribution in [-0.2, 0) is 9.59 Å². The molecule has 1 aliphatic rings. The van der Waals surface area contributed by atoms with Crippen molar-refractivity contribution in [3.63, 3.8) is 0 Å². The Morgan fingerprint density at radius 3 is 2.43 bits per heavy atom. The molecule has 0 spiro atoms. The topological polar surface area (TPSA) is 70.4 Å². The van der Waals surface area contributed by atoms with Crippen LogP contribution in [0.25, 0.3) is 6.08 Å². The van der Waals surface area contributed by atoms with Crippen molar-refractivity contribution in [2.24, 2.45) is 0 Å². The molecule has 23 heavy (non-hydrogen) atoms. The van der Waals surface area contributed by atoms with E-state index in [0.717, 1.165) is 10.5 Å². The Hall–Kier alpha value is -3.13. The van der Waals surface area contributed by atoms with E-state index in [1.165, 1.54) is 6.08 Å². The second-order valence-electron chi connectivity index (χ2n) is 4.95. The van der Waals surface area contributed by atoms with Crippen molar-refractivity contribution in [2.75, 3.05) is 13.7 Å². The van der Waals surface area contributed by atoms with Gasteiger partial charge in [-0.15, -0.1) is 6.58 Å². The third-order valence-corrected chi connectivity index (χ3v) is 3.56. The van der Waals surface area contributed by atoms with Gasteiger partial charge >= 0.3 is 0 Å². The SMILES string of the molecule is C=CCN1C(=O)C(C#N)=C(C)/C(=C\c2ccc(OC)cc2)C1=O. The summed E-state index contributed by atoms with van der Waals surface area (Å²) in [6, 6.07) is 9.03. The molecule has 0 bridgehead atoms. The van der Waals surface area contributed by atoms with Crippen molar-refractivity contribution in [1.29, 1.82) is 5.26 Å². The van der Waals surface area contributed by atoms with Gasteiger partial charge in [0.05, 0.1) is 7.11 Å². The first-order valence-corrected chi connectivity index (χ1v) is 6.97.